The Labute approximate surface area is 165 Å². The van der Waals surface area contributed by atoms with Gasteiger partial charge >= 0.3 is 0 Å². The Bertz CT molecular complexity index is 438. The van der Waals surface area contributed by atoms with Crippen molar-refractivity contribution in [2.75, 3.05) is 13.2 Å². The van der Waals surface area contributed by atoms with Crippen LogP contribution in [-0.2, 0) is 8.85 Å². The van der Waals surface area contributed by atoms with Gasteiger partial charge in [0.2, 0.25) is 0 Å². The summed E-state index contributed by atoms with van der Waals surface area (Å²) in [5.74, 6) is 0. The summed E-state index contributed by atoms with van der Waals surface area (Å²) in [6, 6.07) is 0. The van der Waals surface area contributed by atoms with Gasteiger partial charge in [0.1, 0.15) is 0 Å². The highest BCUT2D eigenvalue weighted by Gasteiger charge is 2.38. The number of aliphatic hydroxyl groups excluding tert-OH is 1. The Balaban J connectivity index is 4.35. The van der Waals surface area contributed by atoms with Gasteiger partial charge in [0.15, 0.2) is 16.6 Å². The van der Waals surface area contributed by atoms with Gasteiger partial charge in [-0.05, 0) is 49.1 Å². The van der Waals surface area contributed by atoms with Crippen molar-refractivity contribution in [1.82, 2.24) is 0 Å². The first-order chi connectivity index (χ1) is 11.4. The third kappa shape index (κ3) is 8.65. The molecular weight excluding hydrogens is 356 g/mol. The summed E-state index contributed by atoms with van der Waals surface area (Å²) in [7, 11) is -3.56. The molecule has 0 aliphatic heterocycles. The van der Waals surface area contributed by atoms with Crippen LogP contribution in [0.15, 0.2) is 24.3 Å². The van der Waals surface area contributed by atoms with Gasteiger partial charge in [-0.1, -0.05) is 65.8 Å². The number of hydrogen-bond donors (Lipinski definition) is 1. The first kappa shape index (κ1) is 25.8. The van der Waals surface area contributed by atoms with Crippen molar-refractivity contribution in [3.05, 3.63) is 24.3 Å². The molecule has 0 radical (unpaired) electrons. The van der Waals surface area contributed by atoms with Crippen LogP contribution in [0, 0.1) is 0 Å². The molecule has 0 heterocycles. The molecule has 0 aromatic carbocycles. The molecule has 3 nitrogen and oxygen atoms in total. The molecule has 0 spiro atoms. The van der Waals surface area contributed by atoms with Gasteiger partial charge in [-0.15, -0.1) is 0 Å². The number of hydrogen-bond acceptors (Lipinski definition) is 3. The fourth-order valence-corrected chi connectivity index (χ4v) is 3.85. The van der Waals surface area contributed by atoms with Gasteiger partial charge in [-0.2, -0.15) is 0 Å². The highest BCUT2D eigenvalue weighted by Crippen LogP contribution is 2.37. The van der Waals surface area contributed by atoms with Gasteiger partial charge in [0.05, 0.1) is 19.3 Å². The third-order valence-corrected chi connectivity index (χ3v) is 14.9. The van der Waals surface area contributed by atoms with Crippen LogP contribution in [0.2, 0.25) is 36.3 Å². The van der Waals surface area contributed by atoms with Crippen molar-refractivity contribution in [3.8, 4) is 0 Å². The van der Waals surface area contributed by atoms with Crippen LogP contribution in [0.4, 0.5) is 0 Å². The van der Waals surface area contributed by atoms with Crippen LogP contribution in [0.25, 0.3) is 0 Å². The second-order valence-corrected chi connectivity index (χ2v) is 20.3. The minimum Gasteiger partial charge on any atom is -0.413 e. The zero-order valence-corrected chi connectivity index (χ0v) is 21.1. The van der Waals surface area contributed by atoms with Crippen LogP contribution in [0.1, 0.15) is 54.4 Å². The van der Waals surface area contributed by atoms with E-state index < -0.39 is 22.7 Å². The van der Waals surface area contributed by atoms with Crippen LogP contribution in [0.3, 0.4) is 0 Å². The molecule has 0 fully saturated rings. The van der Waals surface area contributed by atoms with E-state index in [1.54, 1.807) is 0 Å². The van der Waals surface area contributed by atoms with E-state index in [-0.39, 0.29) is 10.1 Å². The van der Waals surface area contributed by atoms with Crippen LogP contribution < -0.4 is 0 Å². The van der Waals surface area contributed by atoms with Crippen molar-refractivity contribution in [2.45, 2.75) is 96.8 Å². The molecule has 154 valence electrons. The van der Waals surface area contributed by atoms with E-state index in [2.05, 4.69) is 80.9 Å². The predicted molar refractivity (Wildman–Crippen MR) is 120 cm³/mol. The Morgan fingerprint density at radius 2 is 1.04 bits per heavy atom. The number of rotatable bonds is 10. The second kappa shape index (κ2) is 9.33. The van der Waals surface area contributed by atoms with E-state index in [0.29, 0.717) is 26.1 Å². The third-order valence-electron chi connectivity index (χ3n) is 5.94. The molecule has 1 N–H and O–H groups in total. The second-order valence-electron chi connectivity index (χ2n) is 10.7. The van der Waals surface area contributed by atoms with Crippen molar-refractivity contribution in [1.29, 1.82) is 0 Å². The fourth-order valence-electron chi connectivity index (χ4n) is 1.85. The maximum Gasteiger partial charge on any atom is 0.192 e. The monoisotopic (exact) mass is 400 g/mol. The van der Waals surface area contributed by atoms with Gasteiger partial charge in [0, 0.05) is 0 Å². The van der Waals surface area contributed by atoms with Gasteiger partial charge in [0.25, 0.3) is 0 Å². The first-order valence-electron chi connectivity index (χ1n) is 9.68. The Hall–Kier alpha value is -0.206. The zero-order chi connectivity index (χ0) is 21.0. The smallest absolute Gasteiger partial charge is 0.192 e. The molecular formula is C21H44O3Si2. The average Bonchev–Trinajstić information content (AvgIpc) is 2.40. The van der Waals surface area contributed by atoms with E-state index in [1.165, 1.54) is 0 Å². The van der Waals surface area contributed by atoms with Gasteiger partial charge in [-0.3, -0.25) is 0 Å². The molecule has 0 aliphatic carbocycles. The first-order valence-corrected chi connectivity index (χ1v) is 15.5. The van der Waals surface area contributed by atoms with Gasteiger partial charge in [-0.25, -0.2) is 0 Å². The van der Waals surface area contributed by atoms with Crippen molar-refractivity contribution < 1.29 is 14.0 Å². The molecule has 0 bridgehead atoms. The van der Waals surface area contributed by atoms with Crippen LogP contribution >= 0.6 is 0 Å². The molecule has 0 saturated heterocycles. The standard InChI is InChI=1S/C21H44O3Si2/c1-17(15-23-25(9,10)20(3,4)5)13-19(22)14-18(2)16-24-26(11,12)21(6,7)8/h19,22H,1-2,13-16H2,3-12H3. The quantitative estimate of drug-likeness (QED) is 0.346. The highest BCUT2D eigenvalue weighted by atomic mass is 28.4. The molecule has 0 aliphatic rings. The Kier molecular flexibility index (Phi) is 9.25. The van der Waals surface area contributed by atoms with Crippen molar-refractivity contribution >= 4 is 16.6 Å². The summed E-state index contributed by atoms with van der Waals surface area (Å²) in [6.45, 7) is 31.5. The minimum absolute atomic E-state index is 0.182. The molecule has 0 aromatic heterocycles. The lowest BCUT2D eigenvalue weighted by atomic mass is 10.0. The summed E-state index contributed by atoms with van der Waals surface area (Å²) in [6.07, 6.45) is 0.627. The molecule has 26 heavy (non-hydrogen) atoms. The predicted octanol–water partition coefficient (Wildman–Crippen LogP) is 6.28. The maximum atomic E-state index is 10.4. The van der Waals surface area contributed by atoms with E-state index in [0.717, 1.165) is 11.1 Å². The maximum absolute atomic E-state index is 10.4. The highest BCUT2D eigenvalue weighted by molar-refractivity contribution is 6.74. The van der Waals surface area contributed by atoms with E-state index >= 15 is 0 Å². The Morgan fingerprint density at radius 3 is 1.27 bits per heavy atom. The fraction of sp³-hybridized carbons (Fsp3) is 0.810. The summed E-state index contributed by atoms with van der Waals surface area (Å²) in [5, 5.41) is 10.7. The minimum atomic E-state index is -1.78. The van der Waals surface area contributed by atoms with Crippen molar-refractivity contribution in [3.63, 3.8) is 0 Å². The summed E-state index contributed by atoms with van der Waals surface area (Å²) < 4.78 is 12.4. The average molecular weight is 401 g/mol. The van der Waals surface area contributed by atoms with E-state index in [1.807, 2.05) is 0 Å². The molecule has 0 aromatic rings. The Morgan fingerprint density at radius 1 is 0.769 bits per heavy atom. The lowest BCUT2D eigenvalue weighted by Crippen LogP contribution is -2.41. The summed E-state index contributed by atoms with van der Waals surface area (Å²) >= 11 is 0. The van der Waals surface area contributed by atoms with Crippen molar-refractivity contribution in [2.24, 2.45) is 0 Å². The molecule has 0 unspecified atom stereocenters. The topological polar surface area (TPSA) is 38.7 Å². The molecule has 0 saturated carbocycles. The largest absolute Gasteiger partial charge is 0.413 e. The molecule has 0 amide bonds. The van der Waals surface area contributed by atoms with E-state index in [4.69, 9.17) is 8.85 Å². The normalized spacial score (nSPS) is 14.0. The summed E-state index contributed by atoms with van der Waals surface area (Å²) in [5.41, 5.74) is 1.89. The van der Waals surface area contributed by atoms with Crippen LogP contribution in [0.5, 0.6) is 0 Å². The van der Waals surface area contributed by atoms with Gasteiger partial charge < -0.3 is 14.0 Å². The molecule has 0 atom stereocenters. The van der Waals surface area contributed by atoms with Crippen LogP contribution in [-0.4, -0.2) is 41.1 Å². The summed E-state index contributed by atoms with van der Waals surface area (Å²) in [4.78, 5) is 0. The number of aliphatic hydroxyl groups is 1. The zero-order valence-electron chi connectivity index (χ0n) is 19.1. The SMILES string of the molecule is C=C(CO[Si](C)(C)C(C)(C)C)CC(O)CC(=C)CO[Si](C)(C)C(C)(C)C. The molecule has 0 rings (SSSR count). The lowest BCUT2D eigenvalue weighted by Gasteiger charge is -2.36. The molecule has 5 heteroatoms. The lowest BCUT2D eigenvalue weighted by molar-refractivity contribution is 0.165. The van der Waals surface area contributed by atoms with E-state index in [9.17, 15) is 5.11 Å².